The van der Waals surface area contributed by atoms with Gasteiger partial charge in [0.05, 0.1) is 11.3 Å². The topological polar surface area (TPSA) is 84.8 Å². The van der Waals surface area contributed by atoms with Gasteiger partial charge in [0.25, 0.3) is 9.05 Å². The number of rotatable bonds is 3. The molecule has 2 rings (SSSR count). The summed E-state index contributed by atoms with van der Waals surface area (Å²) in [5, 5.41) is 3.85. The van der Waals surface area contributed by atoms with E-state index in [1.54, 1.807) is 20.2 Å². The van der Waals surface area contributed by atoms with E-state index in [1.807, 2.05) is 0 Å². The number of ketones is 1. The lowest BCUT2D eigenvalue weighted by atomic mass is 10.1. The highest BCUT2D eigenvalue weighted by Gasteiger charge is 2.19. The fraction of sp³-hybridized carbons (Fsp3) is 0.200. The molecule has 0 aliphatic carbocycles. The van der Waals surface area contributed by atoms with Gasteiger partial charge in [-0.3, -0.25) is 9.48 Å². The number of carbonyl (C=O) groups excluding carboxylic acids is 1. The molecule has 8 heteroatoms. The van der Waals surface area contributed by atoms with Gasteiger partial charge in [0.15, 0.2) is 5.78 Å². The Hall–Kier alpha value is -1.60. The van der Waals surface area contributed by atoms with Gasteiger partial charge in [0.1, 0.15) is 5.03 Å². The highest BCUT2D eigenvalue weighted by Crippen LogP contribution is 2.18. The average Bonchev–Trinajstić information content (AvgIpc) is 2.83. The van der Waals surface area contributed by atoms with Crippen molar-refractivity contribution >= 4 is 25.5 Å². The highest BCUT2D eigenvalue weighted by molar-refractivity contribution is 8.13. The molecule has 0 aliphatic rings. The van der Waals surface area contributed by atoms with Crippen LogP contribution in [0.3, 0.4) is 0 Å². The third kappa shape index (κ3) is 2.32. The standard InChI is InChI=1S/C10H10ClN3O3S/c1-6-8(5-14(2)13-6)10(15)7-3-9(12-4-7)18(11,16)17/h3-5,12H,1-2H3. The molecule has 96 valence electrons. The minimum atomic E-state index is -3.86. The molecule has 0 spiro atoms. The molecule has 0 radical (unpaired) electrons. The molecule has 0 fully saturated rings. The number of nitrogens with one attached hydrogen (secondary N) is 1. The molecule has 0 saturated heterocycles. The van der Waals surface area contributed by atoms with Crippen molar-refractivity contribution in [3.63, 3.8) is 0 Å². The molecule has 18 heavy (non-hydrogen) atoms. The van der Waals surface area contributed by atoms with Crippen molar-refractivity contribution in [1.29, 1.82) is 0 Å². The van der Waals surface area contributed by atoms with Gasteiger partial charge >= 0.3 is 0 Å². The zero-order valence-corrected chi connectivity index (χ0v) is 11.2. The van der Waals surface area contributed by atoms with Crippen molar-refractivity contribution in [2.75, 3.05) is 0 Å². The van der Waals surface area contributed by atoms with Gasteiger partial charge in [0, 0.05) is 35.7 Å². The summed E-state index contributed by atoms with van der Waals surface area (Å²) in [6.45, 7) is 1.71. The van der Waals surface area contributed by atoms with Crippen LogP contribution in [0, 0.1) is 6.92 Å². The largest absolute Gasteiger partial charge is 0.351 e. The van der Waals surface area contributed by atoms with E-state index in [4.69, 9.17) is 10.7 Å². The van der Waals surface area contributed by atoms with Gasteiger partial charge in [-0.2, -0.15) is 5.10 Å². The van der Waals surface area contributed by atoms with Gasteiger partial charge in [0.2, 0.25) is 0 Å². The van der Waals surface area contributed by atoms with E-state index < -0.39 is 9.05 Å². The summed E-state index contributed by atoms with van der Waals surface area (Å²) in [6.07, 6.45) is 2.89. The van der Waals surface area contributed by atoms with E-state index in [0.717, 1.165) is 0 Å². The van der Waals surface area contributed by atoms with Crippen molar-refractivity contribution in [3.8, 4) is 0 Å². The van der Waals surface area contributed by atoms with Crippen LogP contribution < -0.4 is 0 Å². The summed E-state index contributed by atoms with van der Waals surface area (Å²) in [5.74, 6) is -0.302. The first-order valence-electron chi connectivity index (χ1n) is 4.97. The second-order valence-electron chi connectivity index (χ2n) is 3.82. The molecular weight excluding hydrogens is 278 g/mol. The Labute approximate surface area is 108 Å². The highest BCUT2D eigenvalue weighted by atomic mass is 35.7. The second kappa shape index (κ2) is 4.25. The van der Waals surface area contributed by atoms with E-state index in [2.05, 4.69) is 10.1 Å². The van der Waals surface area contributed by atoms with Crippen LogP contribution in [0.1, 0.15) is 21.6 Å². The number of aryl methyl sites for hydroxylation is 2. The minimum Gasteiger partial charge on any atom is -0.351 e. The zero-order chi connectivity index (χ0) is 13.5. The van der Waals surface area contributed by atoms with Crippen molar-refractivity contribution in [2.45, 2.75) is 11.9 Å². The van der Waals surface area contributed by atoms with E-state index in [1.165, 1.54) is 16.9 Å². The van der Waals surface area contributed by atoms with Crippen molar-refractivity contribution < 1.29 is 13.2 Å². The van der Waals surface area contributed by atoms with Crippen LogP contribution in [-0.2, 0) is 16.1 Å². The number of aromatic amines is 1. The first-order valence-corrected chi connectivity index (χ1v) is 7.28. The summed E-state index contributed by atoms with van der Waals surface area (Å²) in [5.41, 5.74) is 1.24. The number of hydrogen-bond acceptors (Lipinski definition) is 4. The van der Waals surface area contributed by atoms with Crippen LogP contribution in [0.5, 0.6) is 0 Å². The fourth-order valence-corrected chi connectivity index (χ4v) is 2.36. The lowest BCUT2D eigenvalue weighted by Crippen LogP contribution is -2.00. The second-order valence-corrected chi connectivity index (χ2v) is 6.36. The summed E-state index contributed by atoms with van der Waals surface area (Å²) in [4.78, 5) is 14.6. The maximum absolute atomic E-state index is 12.1. The van der Waals surface area contributed by atoms with E-state index in [-0.39, 0.29) is 16.4 Å². The van der Waals surface area contributed by atoms with E-state index in [9.17, 15) is 13.2 Å². The molecule has 0 atom stereocenters. The molecule has 0 aliphatic heterocycles. The Balaban J connectivity index is 2.41. The smallest absolute Gasteiger partial charge is 0.276 e. The molecule has 0 saturated carbocycles. The van der Waals surface area contributed by atoms with E-state index >= 15 is 0 Å². The van der Waals surface area contributed by atoms with Gasteiger partial charge < -0.3 is 4.98 Å². The Kier molecular flexibility index (Phi) is 3.04. The lowest BCUT2D eigenvalue weighted by molar-refractivity contribution is 0.103. The summed E-state index contributed by atoms with van der Waals surface area (Å²) < 4.78 is 23.7. The summed E-state index contributed by atoms with van der Waals surface area (Å²) in [6, 6.07) is 1.21. The molecule has 2 aromatic rings. The van der Waals surface area contributed by atoms with Crippen LogP contribution >= 0.6 is 10.7 Å². The molecule has 2 heterocycles. The Morgan fingerprint density at radius 3 is 2.61 bits per heavy atom. The number of hydrogen-bond donors (Lipinski definition) is 1. The van der Waals surface area contributed by atoms with Gasteiger partial charge in [-0.1, -0.05) is 0 Å². The number of nitrogens with zero attached hydrogens (tertiary/aromatic N) is 2. The molecule has 6 nitrogen and oxygen atoms in total. The van der Waals surface area contributed by atoms with Crippen molar-refractivity contribution in [3.05, 3.63) is 35.3 Å². The molecule has 0 bridgehead atoms. The third-order valence-corrected chi connectivity index (χ3v) is 3.70. The molecule has 1 N–H and O–H groups in total. The minimum absolute atomic E-state index is 0.200. The summed E-state index contributed by atoms with van der Waals surface area (Å²) in [7, 11) is 3.02. The normalized spacial score (nSPS) is 11.7. The maximum Gasteiger partial charge on any atom is 0.276 e. The molecule has 0 unspecified atom stereocenters. The number of aromatic nitrogens is 3. The monoisotopic (exact) mass is 287 g/mol. The quantitative estimate of drug-likeness (QED) is 0.679. The zero-order valence-electron chi connectivity index (χ0n) is 9.64. The maximum atomic E-state index is 12.1. The molecule has 2 aromatic heterocycles. The van der Waals surface area contributed by atoms with Crippen LogP contribution in [0.25, 0.3) is 0 Å². The van der Waals surface area contributed by atoms with Crippen LogP contribution in [0.2, 0.25) is 0 Å². The fourth-order valence-electron chi connectivity index (χ4n) is 1.62. The van der Waals surface area contributed by atoms with Crippen molar-refractivity contribution in [1.82, 2.24) is 14.8 Å². The first-order chi connectivity index (χ1) is 8.29. The SMILES string of the molecule is Cc1nn(C)cc1C(=O)c1c[nH]c(S(=O)(=O)Cl)c1. The van der Waals surface area contributed by atoms with Gasteiger partial charge in [-0.05, 0) is 13.0 Å². The van der Waals surface area contributed by atoms with Gasteiger partial charge in [-0.25, -0.2) is 8.42 Å². The van der Waals surface area contributed by atoms with Crippen LogP contribution in [0.4, 0.5) is 0 Å². The predicted octanol–water partition coefficient (Wildman–Crippen LogP) is 1.22. The Morgan fingerprint density at radius 1 is 1.50 bits per heavy atom. The number of H-pyrrole nitrogens is 1. The Bertz CT molecular complexity index is 715. The molecule has 0 aromatic carbocycles. The number of carbonyl (C=O) groups is 1. The summed E-state index contributed by atoms with van der Waals surface area (Å²) >= 11 is 0. The predicted molar refractivity (Wildman–Crippen MR) is 65.2 cm³/mol. The van der Waals surface area contributed by atoms with Gasteiger partial charge in [-0.15, -0.1) is 0 Å². The van der Waals surface area contributed by atoms with Crippen LogP contribution in [-0.4, -0.2) is 29.0 Å². The molecular formula is C10H10ClN3O3S. The first kappa shape index (κ1) is 12.8. The average molecular weight is 288 g/mol. The van der Waals surface area contributed by atoms with E-state index in [0.29, 0.717) is 11.3 Å². The number of halogens is 1. The van der Waals surface area contributed by atoms with Crippen LogP contribution in [0.15, 0.2) is 23.5 Å². The lowest BCUT2D eigenvalue weighted by Gasteiger charge is -1.93. The Morgan fingerprint density at radius 2 is 2.17 bits per heavy atom. The molecule has 0 amide bonds. The third-order valence-electron chi connectivity index (χ3n) is 2.44. The van der Waals surface area contributed by atoms with Crippen molar-refractivity contribution in [2.24, 2.45) is 7.05 Å².